The highest BCUT2D eigenvalue weighted by Gasteiger charge is 2.12. The second-order valence-corrected chi connectivity index (χ2v) is 3.09. The number of alkyl halides is 2. The quantitative estimate of drug-likeness (QED) is 0.790. The zero-order valence-corrected chi connectivity index (χ0v) is 7.96. The molecule has 1 atom stereocenters. The summed E-state index contributed by atoms with van der Waals surface area (Å²) in [5, 5.41) is 11.8. The van der Waals surface area contributed by atoms with Crippen molar-refractivity contribution in [3.05, 3.63) is 35.6 Å². The minimum absolute atomic E-state index is 0.0920. The zero-order valence-electron chi connectivity index (χ0n) is 7.96. The van der Waals surface area contributed by atoms with Crippen LogP contribution < -0.4 is 5.32 Å². The van der Waals surface area contributed by atoms with Gasteiger partial charge in [-0.05, 0) is 6.07 Å². The molecule has 1 unspecified atom stereocenters. The van der Waals surface area contributed by atoms with Gasteiger partial charge in [0.05, 0.1) is 12.6 Å². The lowest BCUT2D eigenvalue weighted by Gasteiger charge is -2.12. The van der Waals surface area contributed by atoms with Crippen LogP contribution in [-0.2, 0) is 0 Å². The van der Waals surface area contributed by atoms with E-state index in [1.54, 1.807) is 6.07 Å². The van der Waals surface area contributed by atoms with E-state index < -0.39 is 24.9 Å². The van der Waals surface area contributed by atoms with Gasteiger partial charge >= 0.3 is 0 Å². The predicted octanol–water partition coefficient (Wildman–Crippen LogP) is 1.71. The maximum absolute atomic E-state index is 13.1. The van der Waals surface area contributed by atoms with Gasteiger partial charge in [-0.2, -0.15) is 0 Å². The average molecular weight is 219 g/mol. The maximum Gasteiger partial charge on any atom is 0.250 e. The van der Waals surface area contributed by atoms with Crippen molar-refractivity contribution in [1.29, 1.82) is 0 Å². The van der Waals surface area contributed by atoms with Crippen LogP contribution in [-0.4, -0.2) is 24.6 Å². The predicted molar refractivity (Wildman–Crippen MR) is 50.2 cm³/mol. The van der Waals surface area contributed by atoms with Crippen molar-refractivity contribution in [3.63, 3.8) is 0 Å². The standard InChI is InChI=1S/C10H12F3NO/c11-8-4-2-1-3-7(8)9(15)5-14-6-10(12)13/h1-4,9-10,14-15H,5-6H2. The topological polar surface area (TPSA) is 32.3 Å². The first-order valence-corrected chi connectivity index (χ1v) is 4.52. The van der Waals surface area contributed by atoms with E-state index in [2.05, 4.69) is 5.32 Å². The van der Waals surface area contributed by atoms with Gasteiger partial charge in [-0.25, -0.2) is 13.2 Å². The number of halogens is 3. The van der Waals surface area contributed by atoms with Crippen molar-refractivity contribution in [2.45, 2.75) is 12.5 Å². The lowest BCUT2D eigenvalue weighted by molar-refractivity contribution is 0.128. The second kappa shape index (κ2) is 5.72. The lowest BCUT2D eigenvalue weighted by atomic mass is 10.1. The Balaban J connectivity index is 2.47. The summed E-state index contributed by atoms with van der Waals surface area (Å²) in [4.78, 5) is 0. The van der Waals surface area contributed by atoms with Gasteiger partial charge in [-0.1, -0.05) is 18.2 Å². The van der Waals surface area contributed by atoms with Crippen LogP contribution in [0.15, 0.2) is 24.3 Å². The molecule has 0 amide bonds. The van der Waals surface area contributed by atoms with Crippen molar-refractivity contribution in [1.82, 2.24) is 5.32 Å². The molecule has 0 aliphatic rings. The van der Waals surface area contributed by atoms with Crippen molar-refractivity contribution in [2.75, 3.05) is 13.1 Å². The van der Waals surface area contributed by atoms with Gasteiger partial charge in [-0.3, -0.25) is 0 Å². The third-order valence-electron chi connectivity index (χ3n) is 1.90. The zero-order chi connectivity index (χ0) is 11.3. The summed E-state index contributed by atoms with van der Waals surface area (Å²) in [5.41, 5.74) is 0.110. The van der Waals surface area contributed by atoms with Crippen LogP contribution in [0.4, 0.5) is 13.2 Å². The third-order valence-corrected chi connectivity index (χ3v) is 1.90. The van der Waals surface area contributed by atoms with Crippen molar-refractivity contribution < 1.29 is 18.3 Å². The molecule has 0 spiro atoms. The fraction of sp³-hybridized carbons (Fsp3) is 0.400. The summed E-state index contributed by atoms with van der Waals surface area (Å²) in [7, 11) is 0. The first-order chi connectivity index (χ1) is 7.11. The molecule has 1 aromatic carbocycles. The number of aliphatic hydroxyl groups is 1. The van der Waals surface area contributed by atoms with Gasteiger partial charge < -0.3 is 10.4 Å². The highest BCUT2D eigenvalue weighted by atomic mass is 19.3. The van der Waals surface area contributed by atoms with Crippen LogP contribution in [0.5, 0.6) is 0 Å². The monoisotopic (exact) mass is 219 g/mol. The molecule has 1 aromatic rings. The van der Waals surface area contributed by atoms with E-state index in [0.717, 1.165) is 0 Å². The molecule has 0 aliphatic heterocycles. The average Bonchev–Trinajstić information content (AvgIpc) is 2.17. The molecule has 0 aromatic heterocycles. The second-order valence-electron chi connectivity index (χ2n) is 3.09. The van der Waals surface area contributed by atoms with Crippen LogP contribution >= 0.6 is 0 Å². The van der Waals surface area contributed by atoms with Crippen molar-refractivity contribution in [3.8, 4) is 0 Å². The molecule has 15 heavy (non-hydrogen) atoms. The normalized spacial score (nSPS) is 13.1. The summed E-state index contributed by atoms with van der Waals surface area (Å²) >= 11 is 0. The molecule has 84 valence electrons. The first kappa shape index (κ1) is 12.0. The summed E-state index contributed by atoms with van der Waals surface area (Å²) in [6, 6.07) is 5.71. The number of nitrogens with one attached hydrogen (secondary N) is 1. The molecule has 0 aliphatic carbocycles. The first-order valence-electron chi connectivity index (χ1n) is 4.52. The van der Waals surface area contributed by atoms with Crippen LogP contribution in [0.3, 0.4) is 0 Å². The van der Waals surface area contributed by atoms with Gasteiger partial charge in [0.1, 0.15) is 5.82 Å². The highest BCUT2D eigenvalue weighted by molar-refractivity contribution is 5.19. The summed E-state index contributed by atoms with van der Waals surface area (Å²) in [6.45, 7) is -0.600. The third kappa shape index (κ3) is 3.89. The molecule has 5 heteroatoms. The molecule has 0 saturated carbocycles. The van der Waals surface area contributed by atoms with Crippen LogP contribution in [0, 0.1) is 5.82 Å². The molecule has 2 nitrogen and oxygen atoms in total. The number of hydrogen-bond acceptors (Lipinski definition) is 2. The Morgan fingerprint density at radius 3 is 2.47 bits per heavy atom. The Kier molecular flexibility index (Phi) is 4.58. The van der Waals surface area contributed by atoms with Gasteiger partial charge in [-0.15, -0.1) is 0 Å². The maximum atomic E-state index is 13.1. The van der Waals surface area contributed by atoms with Gasteiger partial charge in [0.15, 0.2) is 0 Å². The summed E-state index contributed by atoms with van der Waals surface area (Å²) in [6.07, 6.45) is -3.58. The van der Waals surface area contributed by atoms with Gasteiger partial charge in [0.2, 0.25) is 0 Å². The number of rotatable bonds is 5. The summed E-state index contributed by atoms with van der Waals surface area (Å²) < 4.78 is 36.6. The molecule has 0 fully saturated rings. The molecule has 0 radical (unpaired) electrons. The van der Waals surface area contributed by atoms with Crippen LogP contribution in [0.25, 0.3) is 0 Å². The Hall–Kier alpha value is -1.07. The SMILES string of the molecule is OC(CNCC(F)F)c1ccccc1F. The van der Waals surface area contributed by atoms with Crippen LogP contribution in [0.1, 0.15) is 11.7 Å². The highest BCUT2D eigenvalue weighted by Crippen LogP contribution is 2.15. The Morgan fingerprint density at radius 2 is 1.87 bits per heavy atom. The number of benzene rings is 1. The van der Waals surface area contributed by atoms with E-state index in [9.17, 15) is 18.3 Å². The van der Waals surface area contributed by atoms with Gasteiger partial charge in [0.25, 0.3) is 6.43 Å². The lowest BCUT2D eigenvalue weighted by Crippen LogP contribution is -2.26. The summed E-state index contributed by atoms with van der Waals surface area (Å²) in [5.74, 6) is -0.538. The smallest absolute Gasteiger partial charge is 0.250 e. The molecule has 0 heterocycles. The van der Waals surface area contributed by atoms with E-state index in [1.807, 2.05) is 0 Å². The van der Waals surface area contributed by atoms with E-state index in [-0.39, 0.29) is 12.1 Å². The van der Waals surface area contributed by atoms with Crippen molar-refractivity contribution in [2.24, 2.45) is 0 Å². The number of aliphatic hydroxyl groups excluding tert-OH is 1. The minimum Gasteiger partial charge on any atom is -0.387 e. The van der Waals surface area contributed by atoms with E-state index in [0.29, 0.717) is 0 Å². The molecule has 0 saturated heterocycles. The van der Waals surface area contributed by atoms with E-state index in [1.165, 1.54) is 18.2 Å². The molecule has 1 rings (SSSR count). The van der Waals surface area contributed by atoms with Crippen molar-refractivity contribution >= 4 is 0 Å². The fourth-order valence-corrected chi connectivity index (χ4v) is 1.18. The minimum atomic E-state index is -2.47. The Labute approximate surface area is 85.7 Å². The molecular formula is C10H12F3NO. The Morgan fingerprint density at radius 1 is 1.20 bits per heavy atom. The molecule has 2 N–H and O–H groups in total. The fourth-order valence-electron chi connectivity index (χ4n) is 1.18. The van der Waals surface area contributed by atoms with Crippen LogP contribution in [0.2, 0.25) is 0 Å². The van der Waals surface area contributed by atoms with E-state index >= 15 is 0 Å². The molecule has 0 bridgehead atoms. The largest absolute Gasteiger partial charge is 0.387 e. The molecular weight excluding hydrogens is 207 g/mol. The van der Waals surface area contributed by atoms with E-state index in [4.69, 9.17) is 0 Å². The number of hydrogen-bond donors (Lipinski definition) is 2. The van der Waals surface area contributed by atoms with Gasteiger partial charge in [0, 0.05) is 12.1 Å². The Bertz CT molecular complexity index is 306.